The number of benzene rings is 2. The first-order valence-electron chi connectivity index (χ1n) is 5.21. The molecule has 0 aliphatic heterocycles. The van der Waals surface area contributed by atoms with Crippen molar-refractivity contribution < 1.29 is 4.74 Å². The van der Waals surface area contributed by atoms with E-state index in [1.165, 1.54) is 0 Å². The lowest BCUT2D eigenvalue weighted by Gasteiger charge is -2.09. The summed E-state index contributed by atoms with van der Waals surface area (Å²) in [6.45, 7) is 0.624. The molecule has 0 saturated carbocycles. The van der Waals surface area contributed by atoms with Crippen molar-refractivity contribution in [1.82, 2.24) is 0 Å². The molecule has 0 heterocycles. The van der Waals surface area contributed by atoms with Crippen molar-refractivity contribution in [3.05, 3.63) is 40.9 Å². The molecule has 0 amide bonds. The fraction of sp³-hybridized carbons (Fsp3) is 0.231. The molecule has 0 fully saturated rings. The van der Waals surface area contributed by atoms with Crippen LogP contribution in [0.25, 0.3) is 10.8 Å². The van der Waals surface area contributed by atoms with Crippen molar-refractivity contribution in [1.29, 1.82) is 0 Å². The number of rotatable bonds is 3. The molecular formula is C13H14ClNO. The van der Waals surface area contributed by atoms with Gasteiger partial charge in [0.25, 0.3) is 0 Å². The molecule has 0 spiro atoms. The van der Waals surface area contributed by atoms with E-state index in [0.717, 1.165) is 33.5 Å². The Hall–Kier alpha value is -1.25. The molecule has 0 unspecified atom stereocenters. The summed E-state index contributed by atoms with van der Waals surface area (Å²) in [4.78, 5) is 0. The summed E-state index contributed by atoms with van der Waals surface area (Å²) < 4.78 is 5.37. The molecule has 2 N–H and O–H groups in total. The number of hydrogen-bond donors (Lipinski definition) is 1. The summed E-state index contributed by atoms with van der Waals surface area (Å²) in [6, 6.07) is 9.91. The van der Waals surface area contributed by atoms with Crippen molar-refractivity contribution in [2.45, 2.75) is 6.42 Å². The van der Waals surface area contributed by atoms with Gasteiger partial charge in [0.15, 0.2) is 0 Å². The van der Waals surface area contributed by atoms with Gasteiger partial charge in [-0.25, -0.2) is 0 Å². The van der Waals surface area contributed by atoms with E-state index < -0.39 is 0 Å². The third kappa shape index (κ3) is 1.99. The van der Waals surface area contributed by atoms with Crippen LogP contribution in [0.3, 0.4) is 0 Å². The normalized spacial score (nSPS) is 10.7. The first-order chi connectivity index (χ1) is 7.76. The maximum absolute atomic E-state index is 6.17. The molecule has 0 aliphatic rings. The molecule has 0 aliphatic carbocycles. The highest BCUT2D eigenvalue weighted by Gasteiger charge is 2.06. The SMILES string of the molecule is COc1cc(CCN)cc2c(Cl)cccc12. The molecule has 3 heteroatoms. The van der Waals surface area contributed by atoms with Gasteiger partial charge in [-0.2, -0.15) is 0 Å². The highest BCUT2D eigenvalue weighted by Crippen LogP contribution is 2.32. The molecule has 2 aromatic rings. The van der Waals surface area contributed by atoms with E-state index in [4.69, 9.17) is 22.1 Å². The lowest BCUT2D eigenvalue weighted by atomic mass is 10.0. The first-order valence-corrected chi connectivity index (χ1v) is 5.59. The quantitative estimate of drug-likeness (QED) is 0.888. The predicted molar refractivity (Wildman–Crippen MR) is 68.3 cm³/mol. The van der Waals surface area contributed by atoms with Crippen molar-refractivity contribution in [2.75, 3.05) is 13.7 Å². The molecule has 0 bridgehead atoms. The first kappa shape index (κ1) is 11.2. The molecule has 0 radical (unpaired) electrons. The van der Waals surface area contributed by atoms with Gasteiger partial charge in [-0.15, -0.1) is 0 Å². The van der Waals surface area contributed by atoms with Crippen LogP contribution in [0.15, 0.2) is 30.3 Å². The Morgan fingerprint density at radius 3 is 2.75 bits per heavy atom. The van der Waals surface area contributed by atoms with Crippen LogP contribution in [0.2, 0.25) is 5.02 Å². The zero-order valence-corrected chi connectivity index (χ0v) is 9.92. The van der Waals surface area contributed by atoms with Crippen LogP contribution in [-0.4, -0.2) is 13.7 Å². The van der Waals surface area contributed by atoms with E-state index in [2.05, 4.69) is 6.07 Å². The lowest BCUT2D eigenvalue weighted by molar-refractivity contribution is 0.419. The maximum Gasteiger partial charge on any atom is 0.127 e. The monoisotopic (exact) mass is 235 g/mol. The van der Waals surface area contributed by atoms with Gasteiger partial charge in [-0.3, -0.25) is 0 Å². The topological polar surface area (TPSA) is 35.2 Å². The Bertz CT molecular complexity index is 511. The Kier molecular flexibility index (Phi) is 3.32. The summed E-state index contributed by atoms with van der Waals surface area (Å²) >= 11 is 6.17. The van der Waals surface area contributed by atoms with Crippen LogP contribution >= 0.6 is 11.6 Å². The second-order valence-electron chi connectivity index (χ2n) is 3.67. The van der Waals surface area contributed by atoms with Gasteiger partial charge in [0.05, 0.1) is 7.11 Å². The molecule has 0 atom stereocenters. The standard InChI is InChI=1S/C13H14ClNO/c1-16-13-8-9(5-6-15)7-11-10(13)3-2-4-12(11)14/h2-4,7-8H,5-6,15H2,1H3. The third-order valence-corrected chi connectivity index (χ3v) is 2.95. The van der Waals surface area contributed by atoms with E-state index >= 15 is 0 Å². The second kappa shape index (κ2) is 4.73. The highest BCUT2D eigenvalue weighted by atomic mass is 35.5. The number of fused-ring (bicyclic) bond motifs is 1. The molecular weight excluding hydrogens is 222 g/mol. The van der Waals surface area contributed by atoms with Crippen LogP contribution < -0.4 is 10.5 Å². The van der Waals surface area contributed by atoms with Gasteiger partial charge in [-0.05, 0) is 36.7 Å². The van der Waals surface area contributed by atoms with Crippen LogP contribution in [-0.2, 0) is 6.42 Å². The van der Waals surface area contributed by atoms with Crippen molar-refractivity contribution in [3.63, 3.8) is 0 Å². The lowest BCUT2D eigenvalue weighted by Crippen LogP contribution is -2.03. The number of halogens is 1. The van der Waals surface area contributed by atoms with Crippen LogP contribution in [0, 0.1) is 0 Å². The molecule has 2 nitrogen and oxygen atoms in total. The minimum atomic E-state index is 0.624. The van der Waals surface area contributed by atoms with Gasteiger partial charge >= 0.3 is 0 Å². The fourth-order valence-electron chi connectivity index (χ4n) is 1.85. The summed E-state index contributed by atoms with van der Waals surface area (Å²) in [5.41, 5.74) is 6.71. The number of methoxy groups -OCH3 is 1. The largest absolute Gasteiger partial charge is 0.496 e. The minimum Gasteiger partial charge on any atom is -0.496 e. The van der Waals surface area contributed by atoms with Gasteiger partial charge < -0.3 is 10.5 Å². The van der Waals surface area contributed by atoms with Gasteiger partial charge in [0.2, 0.25) is 0 Å². The average Bonchev–Trinajstić information content (AvgIpc) is 2.30. The Balaban J connectivity index is 2.69. The molecule has 0 saturated heterocycles. The second-order valence-corrected chi connectivity index (χ2v) is 4.08. The van der Waals surface area contributed by atoms with Crippen LogP contribution in [0.4, 0.5) is 0 Å². The zero-order chi connectivity index (χ0) is 11.5. The smallest absolute Gasteiger partial charge is 0.127 e. The molecule has 2 rings (SSSR count). The Morgan fingerprint density at radius 1 is 1.25 bits per heavy atom. The van der Waals surface area contributed by atoms with Crippen molar-refractivity contribution >= 4 is 22.4 Å². The summed E-state index contributed by atoms with van der Waals surface area (Å²) in [6.07, 6.45) is 0.831. The van der Waals surface area contributed by atoms with Gasteiger partial charge in [-0.1, -0.05) is 23.7 Å². The van der Waals surface area contributed by atoms with Crippen molar-refractivity contribution in [2.24, 2.45) is 5.73 Å². The summed E-state index contributed by atoms with van der Waals surface area (Å²) in [5, 5.41) is 2.80. The van der Waals surface area contributed by atoms with Crippen LogP contribution in [0.1, 0.15) is 5.56 Å². The van der Waals surface area contributed by atoms with E-state index in [1.54, 1.807) is 7.11 Å². The van der Waals surface area contributed by atoms with E-state index in [9.17, 15) is 0 Å². The van der Waals surface area contributed by atoms with Gasteiger partial charge in [0.1, 0.15) is 5.75 Å². The maximum atomic E-state index is 6.17. The predicted octanol–water partition coefficient (Wildman–Crippen LogP) is 3.00. The van der Waals surface area contributed by atoms with E-state index in [-0.39, 0.29) is 0 Å². The van der Waals surface area contributed by atoms with E-state index in [0.29, 0.717) is 6.54 Å². The minimum absolute atomic E-state index is 0.624. The highest BCUT2D eigenvalue weighted by molar-refractivity contribution is 6.35. The molecule has 0 aromatic heterocycles. The summed E-state index contributed by atoms with van der Waals surface area (Å²) in [7, 11) is 1.67. The molecule has 84 valence electrons. The van der Waals surface area contributed by atoms with Gasteiger partial charge in [0, 0.05) is 15.8 Å². The molecule has 16 heavy (non-hydrogen) atoms. The van der Waals surface area contributed by atoms with Crippen LogP contribution in [0.5, 0.6) is 5.75 Å². The number of hydrogen-bond acceptors (Lipinski definition) is 2. The van der Waals surface area contributed by atoms with Crippen molar-refractivity contribution in [3.8, 4) is 5.75 Å². The zero-order valence-electron chi connectivity index (χ0n) is 9.16. The third-order valence-electron chi connectivity index (χ3n) is 2.62. The Labute approximate surface area is 100.0 Å². The number of nitrogens with two attached hydrogens (primary N) is 1. The molecule has 2 aromatic carbocycles. The van der Waals surface area contributed by atoms with E-state index in [1.807, 2.05) is 24.3 Å². The number of ether oxygens (including phenoxy) is 1. The average molecular weight is 236 g/mol. The fourth-order valence-corrected chi connectivity index (χ4v) is 2.08. The Morgan fingerprint density at radius 2 is 2.06 bits per heavy atom. The summed E-state index contributed by atoms with van der Waals surface area (Å²) in [5.74, 6) is 0.850.